The zero-order chi connectivity index (χ0) is 18.7. The van der Waals surface area contributed by atoms with Crippen molar-refractivity contribution in [2.45, 2.75) is 59.0 Å². The van der Waals surface area contributed by atoms with Crippen molar-refractivity contribution in [2.24, 2.45) is 4.99 Å². The Balaban J connectivity index is 0.00000625. The van der Waals surface area contributed by atoms with Crippen LogP contribution in [-0.4, -0.2) is 80.3 Å². The summed E-state index contributed by atoms with van der Waals surface area (Å²) in [6.07, 6.45) is 2.78. The molecule has 8 heteroatoms. The highest BCUT2D eigenvalue weighted by atomic mass is 127. The molecule has 1 aliphatic rings. The summed E-state index contributed by atoms with van der Waals surface area (Å²) in [4.78, 5) is 20.6. The molecule has 0 aromatic heterocycles. The molecule has 1 saturated heterocycles. The van der Waals surface area contributed by atoms with E-state index in [9.17, 15) is 4.79 Å². The Bertz CT molecular complexity index is 414. The minimum Gasteiger partial charge on any atom is -0.450 e. The van der Waals surface area contributed by atoms with Crippen molar-refractivity contribution < 1.29 is 9.53 Å². The molecule has 1 atom stereocenters. The number of guanidine groups is 1. The third kappa shape index (κ3) is 9.25. The van der Waals surface area contributed by atoms with Crippen LogP contribution in [0.4, 0.5) is 4.79 Å². The van der Waals surface area contributed by atoms with Crippen LogP contribution in [-0.2, 0) is 4.74 Å². The van der Waals surface area contributed by atoms with Gasteiger partial charge in [0, 0.05) is 38.3 Å². The molecule has 154 valence electrons. The molecule has 0 radical (unpaired) electrons. The summed E-state index contributed by atoms with van der Waals surface area (Å²) < 4.78 is 5.07. The van der Waals surface area contributed by atoms with Gasteiger partial charge < -0.3 is 25.2 Å². The molecule has 1 rings (SSSR count). The van der Waals surface area contributed by atoms with Crippen LogP contribution >= 0.6 is 24.0 Å². The number of carbonyl (C=O) groups excluding carboxylic acids is 1. The summed E-state index contributed by atoms with van der Waals surface area (Å²) >= 11 is 0. The van der Waals surface area contributed by atoms with Crippen molar-refractivity contribution in [1.29, 1.82) is 0 Å². The molecule has 1 aliphatic heterocycles. The number of amides is 1. The van der Waals surface area contributed by atoms with Gasteiger partial charge in [-0.1, -0.05) is 6.92 Å². The molecule has 0 bridgehead atoms. The standard InChI is InChI=1S/C18H37N5O2.HI/c1-6-15(4)22(5)14-11-20-17(19-7-2)21-16-9-12-23(13-10-16)18(24)25-8-3;/h15-16H,6-14H2,1-5H3,(H2,19,20,21);1H. The van der Waals surface area contributed by atoms with Crippen LogP contribution in [0.25, 0.3) is 0 Å². The normalized spacial score (nSPS) is 16.8. The van der Waals surface area contributed by atoms with E-state index in [2.05, 4.69) is 43.4 Å². The second kappa shape index (κ2) is 14.3. The number of hydrogen-bond acceptors (Lipinski definition) is 4. The first-order chi connectivity index (χ1) is 12.0. The second-order valence-corrected chi connectivity index (χ2v) is 6.60. The van der Waals surface area contributed by atoms with E-state index < -0.39 is 0 Å². The number of nitrogens with zero attached hydrogens (tertiary/aromatic N) is 3. The van der Waals surface area contributed by atoms with Gasteiger partial charge in [0.05, 0.1) is 13.2 Å². The molecule has 0 spiro atoms. The molecule has 1 unspecified atom stereocenters. The van der Waals surface area contributed by atoms with Crippen LogP contribution in [0, 0.1) is 0 Å². The summed E-state index contributed by atoms with van der Waals surface area (Å²) in [6.45, 7) is 12.8. The fourth-order valence-corrected chi connectivity index (χ4v) is 2.79. The van der Waals surface area contributed by atoms with Crippen molar-refractivity contribution in [3.8, 4) is 0 Å². The molecular formula is C18H38IN5O2. The summed E-state index contributed by atoms with van der Waals surface area (Å²) in [6, 6.07) is 0.925. The monoisotopic (exact) mass is 483 g/mol. The number of likely N-dealkylation sites (N-methyl/N-ethyl adjacent to an activating group) is 1. The van der Waals surface area contributed by atoms with E-state index >= 15 is 0 Å². The molecular weight excluding hydrogens is 445 g/mol. The lowest BCUT2D eigenvalue weighted by atomic mass is 10.1. The Kier molecular flexibility index (Phi) is 13.9. The Labute approximate surface area is 176 Å². The first kappa shape index (κ1) is 25.2. The van der Waals surface area contributed by atoms with Gasteiger partial charge in [-0.3, -0.25) is 4.99 Å². The molecule has 1 fully saturated rings. The lowest BCUT2D eigenvalue weighted by molar-refractivity contribution is 0.0963. The third-order valence-corrected chi connectivity index (χ3v) is 4.77. The van der Waals surface area contributed by atoms with Gasteiger partial charge in [0.1, 0.15) is 0 Å². The van der Waals surface area contributed by atoms with Crippen molar-refractivity contribution in [1.82, 2.24) is 20.4 Å². The SMILES string of the molecule is CCNC(=NCCN(C)C(C)CC)NC1CCN(C(=O)OCC)CC1.I. The fraction of sp³-hybridized carbons (Fsp3) is 0.889. The average Bonchev–Trinajstić information content (AvgIpc) is 2.61. The van der Waals surface area contributed by atoms with E-state index in [1.165, 1.54) is 0 Å². The van der Waals surface area contributed by atoms with Crippen LogP contribution in [0.5, 0.6) is 0 Å². The lowest BCUT2D eigenvalue weighted by Gasteiger charge is -2.32. The van der Waals surface area contributed by atoms with Crippen molar-refractivity contribution in [3.05, 3.63) is 0 Å². The maximum absolute atomic E-state index is 11.8. The van der Waals surface area contributed by atoms with E-state index in [-0.39, 0.29) is 30.1 Å². The largest absolute Gasteiger partial charge is 0.450 e. The number of likely N-dealkylation sites (tertiary alicyclic amines) is 1. The highest BCUT2D eigenvalue weighted by molar-refractivity contribution is 14.0. The first-order valence-corrected chi connectivity index (χ1v) is 9.68. The number of hydrogen-bond donors (Lipinski definition) is 2. The van der Waals surface area contributed by atoms with Crippen LogP contribution in [0.15, 0.2) is 4.99 Å². The summed E-state index contributed by atoms with van der Waals surface area (Å²) in [5.41, 5.74) is 0. The molecule has 26 heavy (non-hydrogen) atoms. The van der Waals surface area contributed by atoms with E-state index in [0.717, 1.165) is 57.9 Å². The second-order valence-electron chi connectivity index (χ2n) is 6.60. The molecule has 2 N–H and O–H groups in total. The van der Waals surface area contributed by atoms with Gasteiger partial charge in [-0.25, -0.2) is 4.79 Å². The number of rotatable bonds is 8. The number of carbonyl (C=O) groups is 1. The Morgan fingerprint density at radius 1 is 1.31 bits per heavy atom. The molecule has 1 heterocycles. The smallest absolute Gasteiger partial charge is 0.409 e. The lowest BCUT2D eigenvalue weighted by Crippen LogP contribution is -2.50. The van der Waals surface area contributed by atoms with Crippen LogP contribution in [0.1, 0.15) is 47.0 Å². The van der Waals surface area contributed by atoms with Crippen LogP contribution < -0.4 is 10.6 Å². The maximum atomic E-state index is 11.8. The quantitative estimate of drug-likeness (QED) is 0.316. The fourth-order valence-electron chi connectivity index (χ4n) is 2.79. The van der Waals surface area contributed by atoms with Crippen molar-refractivity contribution in [3.63, 3.8) is 0 Å². The highest BCUT2D eigenvalue weighted by Gasteiger charge is 2.24. The Hall–Kier alpha value is -0.770. The van der Waals surface area contributed by atoms with Gasteiger partial charge in [0.25, 0.3) is 0 Å². The topological polar surface area (TPSA) is 69.2 Å². The molecule has 0 aromatic carbocycles. The van der Waals surface area contributed by atoms with E-state index in [1.807, 2.05) is 6.92 Å². The Morgan fingerprint density at radius 2 is 1.96 bits per heavy atom. The zero-order valence-electron chi connectivity index (χ0n) is 17.1. The number of nitrogens with one attached hydrogen (secondary N) is 2. The maximum Gasteiger partial charge on any atom is 0.409 e. The van der Waals surface area contributed by atoms with Gasteiger partial charge in [-0.15, -0.1) is 24.0 Å². The average molecular weight is 483 g/mol. The summed E-state index contributed by atoms with van der Waals surface area (Å²) in [5, 5.41) is 6.82. The number of ether oxygens (including phenoxy) is 1. The zero-order valence-corrected chi connectivity index (χ0v) is 19.4. The summed E-state index contributed by atoms with van der Waals surface area (Å²) in [7, 11) is 2.15. The number of aliphatic imine (C=N–C) groups is 1. The van der Waals surface area contributed by atoms with E-state index in [4.69, 9.17) is 9.73 Å². The van der Waals surface area contributed by atoms with Gasteiger partial charge >= 0.3 is 6.09 Å². The molecule has 0 saturated carbocycles. The van der Waals surface area contributed by atoms with Crippen LogP contribution in [0.3, 0.4) is 0 Å². The predicted molar refractivity (Wildman–Crippen MR) is 119 cm³/mol. The number of piperidine rings is 1. The summed E-state index contributed by atoms with van der Waals surface area (Å²) in [5.74, 6) is 0.870. The van der Waals surface area contributed by atoms with E-state index in [0.29, 0.717) is 18.7 Å². The molecule has 0 aliphatic carbocycles. The van der Waals surface area contributed by atoms with Gasteiger partial charge in [0.15, 0.2) is 5.96 Å². The first-order valence-electron chi connectivity index (χ1n) is 9.68. The van der Waals surface area contributed by atoms with Crippen molar-refractivity contribution >= 4 is 36.0 Å². The number of halogens is 1. The van der Waals surface area contributed by atoms with Gasteiger partial charge in [-0.2, -0.15) is 0 Å². The minimum atomic E-state index is -0.199. The van der Waals surface area contributed by atoms with E-state index in [1.54, 1.807) is 4.90 Å². The highest BCUT2D eigenvalue weighted by Crippen LogP contribution is 2.11. The molecule has 1 amide bonds. The van der Waals surface area contributed by atoms with Gasteiger partial charge in [0.2, 0.25) is 0 Å². The Morgan fingerprint density at radius 3 is 2.50 bits per heavy atom. The molecule has 7 nitrogen and oxygen atoms in total. The predicted octanol–water partition coefficient (Wildman–Crippen LogP) is 2.51. The van der Waals surface area contributed by atoms with Gasteiger partial charge in [-0.05, 0) is 47.1 Å². The van der Waals surface area contributed by atoms with Crippen molar-refractivity contribution in [2.75, 3.05) is 46.4 Å². The molecule has 0 aromatic rings. The van der Waals surface area contributed by atoms with Crippen LogP contribution in [0.2, 0.25) is 0 Å². The third-order valence-electron chi connectivity index (χ3n) is 4.77. The minimum absolute atomic E-state index is 0.